The van der Waals surface area contributed by atoms with Crippen molar-refractivity contribution in [3.8, 4) is 0 Å². The van der Waals surface area contributed by atoms with Crippen LogP contribution in [0.5, 0.6) is 0 Å². The van der Waals surface area contributed by atoms with Crippen LogP contribution in [-0.2, 0) is 19.1 Å². The van der Waals surface area contributed by atoms with Gasteiger partial charge in [-0.15, -0.1) is 0 Å². The Morgan fingerprint density at radius 2 is 2.00 bits per heavy atom. The van der Waals surface area contributed by atoms with Gasteiger partial charge in [-0.1, -0.05) is 38.5 Å². The van der Waals surface area contributed by atoms with E-state index in [1.165, 1.54) is 0 Å². The molecule has 168 valence electrons. The van der Waals surface area contributed by atoms with Crippen molar-refractivity contribution in [1.82, 2.24) is 0 Å². The molecule has 1 fully saturated rings. The molecule has 0 radical (unpaired) electrons. The van der Waals surface area contributed by atoms with E-state index in [0.29, 0.717) is 19.3 Å². The van der Waals surface area contributed by atoms with Gasteiger partial charge in [-0.25, -0.2) is 0 Å². The molecule has 6 nitrogen and oxygen atoms in total. The Morgan fingerprint density at radius 3 is 2.67 bits per heavy atom. The van der Waals surface area contributed by atoms with Gasteiger partial charge in [0.05, 0.1) is 24.5 Å². The van der Waals surface area contributed by atoms with Crippen LogP contribution in [0.25, 0.3) is 0 Å². The molecular weight excluding hydrogens is 384 g/mol. The quantitative estimate of drug-likeness (QED) is 0.641. The molecule has 1 heterocycles. The first-order valence-electron chi connectivity index (χ1n) is 11.4. The summed E-state index contributed by atoms with van der Waals surface area (Å²) in [5, 5.41) is 20.3. The Morgan fingerprint density at radius 1 is 1.27 bits per heavy atom. The highest BCUT2D eigenvalue weighted by atomic mass is 16.6. The topological polar surface area (TPSA) is 93.1 Å². The van der Waals surface area contributed by atoms with Gasteiger partial charge in [0, 0.05) is 18.8 Å². The Bertz CT molecular complexity index is 710. The Labute approximate surface area is 179 Å². The minimum Gasteiger partial charge on any atom is -0.462 e. The number of allylic oxidation sites excluding steroid dienone is 2. The molecule has 30 heavy (non-hydrogen) atoms. The maximum absolute atomic E-state index is 12.5. The van der Waals surface area contributed by atoms with E-state index in [9.17, 15) is 19.8 Å². The number of rotatable bonds is 6. The minimum absolute atomic E-state index is 0.0191. The average molecular weight is 421 g/mol. The van der Waals surface area contributed by atoms with Crippen LogP contribution in [0.3, 0.4) is 0 Å². The van der Waals surface area contributed by atoms with E-state index >= 15 is 0 Å². The van der Waals surface area contributed by atoms with Gasteiger partial charge in [0.2, 0.25) is 0 Å². The normalized spacial score (nSPS) is 37.4. The minimum atomic E-state index is -0.633. The predicted molar refractivity (Wildman–Crippen MR) is 112 cm³/mol. The third-order valence-electron chi connectivity index (χ3n) is 7.05. The van der Waals surface area contributed by atoms with E-state index in [4.69, 9.17) is 9.47 Å². The zero-order valence-corrected chi connectivity index (χ0v) is 18.5. The molecule has 1 aliphatic heterocycles. The van der Waals surface area contributed by atoms with Crippen LogP contribution < -0.4 is 0 Å². The molecule has 0 aromatic carbocycles. The monoisotopic (exact) mass is 420 g/mol. The standard InChI is InChI=1S/C24H36O6/c1-5-13(2)24(28)30-21-11-17(26)10-20-15(4)8-14(3)19(23(20)21)7-6-18-9-16(25)12-22(27)29-18/h8,10,13-14,16-19,21,23,25-26H,5-7,9,11-12H2,1-4H3. The van der Waals surface area contributed by atoms with E-state index in [1.807, 2.05) is 19.9 Å². The third kappa shape index (κ3) is 5.14. The molecule has 0 bridgehead atoms. The van der Waals surface area contributed by atoms with Crippen LogP contribution >= 0.6 is 0 Å². The summed E-state index contributed by atoms with van der Waals surface area (Å²) in [5.74, 6) is -0.218. The van der Waals surface area contributed by atoms with Gasteiger partial charge in [-0.05, 0) is 43.6 Å². The summed E-state index contributed by atoms with van der Waals surface area (Å²) in [5.41, 5.74) is 2.20. The molecule has 0 spiro atoms. The molecule has 0 amide bonds. The van der Waals surface area contributed by atoms with Gasteiger partial charge in [0.25, 0.3) is 0 Å². The van der Waals surface area contributed by atoms with Gasteiger partial charge in [-0.3, -0.25) is 9.59 Å². The molecule has 6 heteroatoms. The van der Waals surface area contributed by atoms with Gasteiger partial charge in [0.15, 0.2) is 0 Å². The Balaban J connectivity index is 1.79. The van der Waals surface area contributed by atoms with Crippen molar-refractivity contribution in [2.75, 3.05) is 0 Å². The molecule has 0 aromatic heterocycles. The molecule has 3 rings (SSSR count). The number of fused-ring (bicyclic) bond motifs is 1. The van der Waals surface area contributed by atoms with Crippen molar-refractivity contribution in [1.29, 1.82) is 0 Å². The highest BCUT2D eigenvalue weighted by Crippen LogP contribution is 2.46. The van der Waals surface area contributed by atoms with E-state index in [2.05, 4.69) is 19.9 Å². The summed E-state index contributed by atoms with van der Waals surface area (Å²) in [7, 11) is 0. The number of hydrogen-bond donors (Lipinski definition) is 2. The van der Waals surface area contributed by atoms with Crippen LogP contribution in [0.4, 0.5) is 0 Å². The first-order valence-corrected chi connectivity index (χ1v) is 11.4. The first-order chi connectivity index (χ1) is 14.2. The van der Waals surface area contributed by atoms with Crippen LogP contribution in [0.2, 0.25) is 0 Å². The lowest BCUT2D eigenvalue weighted by Crippen LogP contribution is -2.44. The fourth-order valence-corrected chi connectivity index (χ4v) is 5.23. The number of aliphatic hydroxyl groups excluding tert-OH is 2. The van der Waals surface area contributed by atoms with Crippen molar-refractivity contribution < 1.29 is 29.3 Å². The molecule has 0 saturated carbocycles. The maximum atomic E-state index is 12.5. The second-order valence-corrected chi connectivity index (χ2v) is 9.39. The number of esters is 2. The van der Waals surface area contributed by atoms with Gasteiger partial charge >= 0.3 is 11.9 Å². The summed E-state index contributed by atoms with van der Waals surface area (Å²) in [4.78, 5) is 24.2. The molecule has 8 atom stereocenters. The summed E-state index contributed by atoms with van der Waals surface area (Å²) >= 11 is 0. The number of aliphatic hydroxyl groups is 2. The van der Waals surface area contributed by atoms with Crippen LogP contribution in [0, 0.1) is 23.7 Å². The second-order valence-electron chi connectivity index (χ2n) is 9.39. The molecule has 8 unspecified atom stereocenters. The van der Waals surface area contributed by atoms with Crippen molar-refractivity contribution in [2.24, 2.45) is 23.7 Å². The lowest BCUT2D eigenvalue weighted by atomic mass is 9.64. The first kappa shape index (κ1) is 23.0. The maximum Gasteiger partial charge on any atom is 0.308 e. The zero-order chi connectivity index (χ0) is 22.0. The highest BCUT2D eigenvalue weighted by Gasteiger charge is 2.44. The van der Waals surface area contributed by atoms with Gasteiger partial charge < -0.3 is 19.7 Å². The van der Waals surface area contributed by atoms with Crippen LogP contribution in [0.1, 0.15) is 66.2 Å². The SMILES string of the molecule is CCC(C)C(=O)OC1CC(O)C=C2C(C)=CC(C)C(CCC3CC(O)CC(=O)O3)C21. The number of hydrogen-bond acceptors (Lipinski definition) is 6. The smallest absolute Gasteiger partial charge is 0.308 e. The molecule has 0 aromatic rings. The average Bonchev–Trinajstić information content (AvgIpc) is 2.66. The highest BCUT2D eigenvalue weighted by molar-refractivity contribution is 5.72. The lowest BCUT2D eigenvalue weighted by Gasteiger charge is -2.44. The Hall–Kier alpha value is -1.66. The summed E-state index contributed by atoms with van der Waals surface area (Å²) < 4.78 is 11.4. The number of carbonyl (C=O) groups excluding carboxylic acids is 2. The van der Waals surface area contributed by atoms with Gasteiger partial charge in [-0.2, -0.15) is 0 Å². The molecular formula is C24H36O6. The third-order valence-corrected chi connectivity index (χ3v) is 7.05. The zero-order valence-electron chi connectivity index (χ0n) is 18.5. The predicted octanol–water partition coefficient (Wildman–Crippen LogP) is 3.31. The van der Waals surface area contributed by atoms with Gasteiger partial charge in [0.1, 0.15) is 12.2 Å². The van der Waals surface area contributed by atoms with Crippen molar-refractivity contribution in [3.05, 3.63) is 23.3 Å². The number of ether oxygens (including phenoxy) is 2. The van der Waals surface area contributed by atoms with Crippen molar-refractivity contribution in [3.63, 3.8) is 0 Å². The van der Waals surface area contributed by atoms with E-state index in [0.717, 1.165) is 24.0 Å². The second kappa shape index (κ2) is 9.65. The molecule has 3 aliphatic rings. The lowest BCUT2D eigenvalue weighted by molar-refractivity contribution is -0.162. The Kier molecular flexibility index (Phi) is 7.40. The van der Waals surface area contributed by atoms with E-state index < -0.39 is 12.2 Å². The summed E-state index contributed by atoms with van der Waals surface area (Å²) in [6.45, 7) is 8.06. The van der Waals surface area contributed by atoms with E-state index in [1.54, 1.807) is 0 Å². The van der Waals surface area contributed by atoms with Crippen LogP contribution in [0.15, 0.2) is 23.3 Å². The number of cyclic esters (lactones) is 1. The molecule has 2 aliphatic carbocycles. The van der Waals surface area contributed by atoms with E-state index in [-0.39, 0.29) is 54.2 Å². The van der Waals surface area contributed by atoms with Crippen molar-refractivity contribution >= 4 is 11.9 Å². The van der Waals surface area contributed by atoms with Crippen molar-refractivity contribution in [2.45, 2.75) is 90.6 Å². The fourth-order valence-electron chi connectivity index (χ4n) is 5.23. The summed E-state index contributed by atoms with van der Waals surface area (Å²) in [6.07, 6.45) is 5.37. The summed E-state index contributed by atoms with van der Waals surface area (Å²) in [6, 6.07) is 0. The molecule has 1 saturated heterocycles. The molecule has 2 N–H and O–H groups in total. The number of carbonyl (C=O) groups is 2. The fraction of sp³-hybridized carbons (Fsp3) is 0.750. The van der Waals surface area contributed by atoms with Crippen LogP contribution in [-0.4, -0.2) is 46.6 Å². The largest absolute Gasteiger partial charge is 0.462 e.